The van der Waals surface area contributed by atoms with Crippen LogP contribution in [0.4, 0.5) is 13.2 Å². The van der Waals surface area contributed by atoms with Crippen molar-refractivity contribution in [2.24, 2.45) is 0 Å². The van der Waals surface area contributed by atoms with Crippen LogP contribution in [0.1, 0.15) is 81.5 Å². The van der Waals surface area contributed by atoms with Gasteiger partial charge in [-0.25, -0.2) is 8.42 Å². The van der Waals surface area contributed by atoms with Gasteiger partial charge in [0.15, 0.2) is 0 Å². The molecule has 7 heteroatoms. The number of benzene rings is 1. The number of halogens is 3. The molecule has 0 atom stereocenters. The third-order valence-corrected chi connectivity index (χ3v) is 4.69. The first-order valence-electron chi connectivity index (χ1n) is 7.43. The van der Waals surface area contributed by atoms with Gasteiger partial charge in [-0.2, -0.15) is 13.2 Å². The van der Waals surface area contributed by atoms with E-state index in [9.17, 15) is 26.1 Å². The highest BCUT2D eigenvalue weighted by atomic mass is 32.2. The normalized spacial score (nSPS) is 13.4. The number of rotatable bonds is 4. The summed E-state index contributed by atoms with van der Waals surface area (Å²) in [7, 11) is -5.03. The molecule has 0 bridgehead atoms. The van der Waals surface area contributed by atoms with E-state index in [-0.39, 0.29) is 17.0 Å². The molecule has 0 fully saturated rings. The molecule has 0 aromatic heterocycles. The fraction of sp³-hybridized carbons (Fsp3) is 0.625. The molecule has 0 radical (unpaired) electrons. The predicted molar refractivity (Wildman–Crippen MR) is 81.7 cm³/mol. The first-order valence-corrected chi connectivity index (χ1v) is 8.84. The van der Waals surface area contributed by atoms with Crippen LogP contribution in [0, 0.1) is 0 Å². The van der Waals surface area contributed by atoms with E-state index in [4.69, 9.17) is 0 Å². The number of hydrogen-bond donors (Lipinski definition) is 0. The van der Waals surface area contributed by atoms with Crippen LogP contribution in [0.2, 0.25) is 0 Å². The van der Waals surface area contributed by atoms with Crippen molar-refractivity contribution in [2.45, 2.75) is 70.4 Å². The summed E-state index contributed by atoms with van der Waals surface area (Å²) >= 11 is 0. The minimum atomic E-state index is -5.03. The number of alkyl halides is 3. The van der Waals surface area contributed by atoms with Crippen LogP contribution in [0.15, 0.2) is 11.0 Å². The third kappa shape index (κ3) is 4.07. The lowest BCUT2D eigenvalue weighted by Gasteiger charge is -2.29. The van der Waals surface area contributed by atoms with Gasteiger partial charge in [0.1, 0.15) is 10.1 Å². The van der Waals surface area contributed by atoms with E-state index in [0.717, 1.165) is 0 Å². The Balaban J connectivity index is 4.19. The van der Waals surface area contributed by atoms with Gasteiger partial charge in [0, 0.05) is 0 Å². The van der Waals surface area contributed by atoms with Crippen molar-refractivity contribution in [3.63, 3.8) is 0 Å². The molecule has 0 unspecified atom stereocenters. The minimum absolute atomic E-state index is 0.0253. The molecule has 0 amide bonds. The Morgan fingerprint density at radius 2 is 1.35 bits per heavy atom. The average Bonchev–Trinajstić information content (AvgIpc) is 2.33. The Bertz CT molecular complexity index is 688. The zero-order chi connectivity index (χ0) is 18.3. The minimum Gasteiger partial charge on any atom is -0.744 e. The molecule has 0 saturated heterocycles. The topological polar surface area (TPSA) is 57.2 Å². The Kier molecular flexibility index (Phi) is 5.58. The van der Waals surface area contributed by atoms with Gasteiger partial charge in [-0.1, -0.05) is 47.6 Å². The Morgan fingerprint density at radius 3 is 1.61 bits per heavy atom. The second-order valence-electron chi connectivity index (χ2n) is 6.59. The summed E-state index contributed by atoms with van der Waals surface area (Å²) in [5, 5.41) is 0. The monoisotopic (exact) mass is 351 g/mol. The molecule has 0 heterocycles. The molecule has 132 valence electrons. The predicted octanol–water partition coefficient (Wildman–Crippen LogP) is 4.98. The SMILES string of the molecule is CC(C)c1cc(C(C)C)c(S(=O)(=O)[O-])c(C(C)C)c1C(F)(F)F. The van der Waals surface area contributed by atoms with Crippen LogP contribution in [0.5, 0.6) is 0 Å². The van der Waals surface area contributed by atoms with Gasteiger partial charge in [0.25, 0.3) is 0 Å². The van der Waals surface area contributed by atoms with Gasteiger partial charge in [0.05, 0.1) is 10.5 Å². The fourth-order valence-corrected chi connectivity index (χ4v) is 3.95. The quantitative estimate of drug-likeness (QED) is 0.719. The van der Waals surface area contributed by atoms with Gasteiger partial charge in [0.2, 0.25) is 0 Å². The smallest absolute Gasteiger partial charge is 0.417 e. The summed E-state index contributed by atoms with van der Waals surface area (Å²) in [6.07, 6.45) is -4.73. The Hall–Kier alpha value is -1.08. The molecule has 0 N–H and O–H groups in total. The first-order chi connectivity index (χ1) is 10.2. The van der Waals surface area contributed by atoms with Crippen LogP contribution in [0.25, 0.3) is 0 Å². The highest BCUT2D eigenvalue weighted by Gasteiger charge is 2.40. The second-order valence-corrected chi connectivity index (χ2v) is 7.91. The van der Waals surface area contributed by atoms with Crippen LogP contribution >= 0.6 is 0 Å². The van der Waals surface area contributed by atoms with Gasteiger partial charge >= 0.3 is 6.18 Å². The summed E-state index contributed by atoms with van der Waals surface area (Å²) in [5.41, 5.74) is -1.22. The van der Waals surface area contributed by atoms with Crippen molar-refractivity contribution < 1.29 is 26.1 Å². The third-order valence-electron chi connectivity index (χ3n) is 3.73. The number of hydrogen-bond acceptors (Lipinski definition) is 3. The zero-order valence-corrected chi connectivity index (χ0v) is 14.9. The lowest BCUT2D eigenvalue weighted by atomic mass is 9.84. The van der Waals surface area contributed by atoms with E-state index in [1.165, 1.54) is 19.9 Å². The zero-order valence-electron chi connectivity index (χ0n) is 14.1. The maximum absolute atomic E-state index is 13.6. The van der Waals surface area contributed by atoms with E-state index >= 15 is 0 Å². The Labute approximate surface area is 135 Å². The molecule has 23 heavy (non-hydrogen) atoms. The molecule has 1 aromatic carbocycles. The van der Waals surface area contributed by atoms with Gasteiger partial charge in [-0.3, -0.25) is 0 Å². The largest absolute Gasteiger partial charge is 0.744 e. The van der Waals surface area contributed by atoms with E-state index in [0.29, 0.717) is 0 Å². The van der Waals surface area contributed by atoms with E-state index in [2.05, 4.69) is 0 Å². The van der Waals surface area contributed by atoms with Gasteiger partial charge in [-0.15, -0.1) is 0 Å². The molecule has 0 spiro atoms. The molecule has 0 saturated carbocycles. The molecular weight excluding hydrogens is 329 g/mol. The lowest BCUT2D eigenvalue weighted by Crippen LogP contribution is -2.21. The van der Waals surface area contributed by atoms with E-state index in [1.807, 2.05) is 0 Å². The van der Waals surface area contributed by atoms with Crippen molar-refractivity contribution >= 4 is 10.1 Å². The van der Waals surface area contributed by atoms with Crippen molar-refractivity contribution in [3.05, 3.63) is 28.3 Å². The van der Waals surface area contributed by atoms with Crippen LogP contribution in [-0.4, -0.2) is 13.0 Å². The highest BCUT2D eigenvalue weighted by Crippen LogP contribution is 2.45. The molecule has 3 nitrogen and oxygen atoms in total. The fourth-order valence-electron chi connectivity index (χ4n) is 2.76. The average molecular weight is 351 g/mol. The van der Waals surface area contributed by atoms with Gasteiger partial charge in [-0.05, 0) is 34.4 Å². The van der Waals surface area contributed by atoms with E-state index in [1.54, 1.807) is 27.7 Å². The molecule has 0 aliphatic rings. The van der Waals surface area contributed by atoms with E-state index < -0.39 is 44.2 Å². The summed E-state index contributed by atoms with van der Waals surface area (Å²) in [5.74, 6) is -1.59. The van der Waals surface area contributed by atoms with Crippen LogP contribution < -0.4 is 0 Å². The highest BCUT2D eigenvalue weighted by molar-refractivity contribution is 7.85. The summed E-state index contributed by atoms with van der Waals surface area (Å²) in [6, 6.07) is 1.23. The maximum atomic E-state index is 13.6. The summed E-state index contributed by atoms with van der Waals surface area (Å²) in [6.45, 7) is 9.48. The summed E-state index contributed by atoms with van der Waals surface area (Å²) < 4.78 is 76.1. The molecular formula is C16H22F3O3S-. The van der Waals surface area contributed by atoms with Crippen molar-refractivity contribution in [1.29, 1.82) is 0 Å². The molecule has 1 aromatic rings. The van der Waals surface area contributed by atoms with Crippen LogP contribution in [0.3, 0.4) is 0 Å². The van der Waals surface area contributed by atoms with Gasteiger partial charge < -0.3 is 4.55 Å². The van der Waals surface area contributed by atoms with Crippen molar-refractivity contribution in [3.8, 4) is 0 Å². The standard InChI is InChI=1S/C16H23F3O3S/c1-8(2)11-7-12(9(3)4)15(23(20,21)22)13(10(5)6)14(11)16(17,18)19/h7-10H,1-6H3,(H,20,21,22)/p-1. The summed E-state index contributed by atoms with van der Waals surface area (Å²) in [4.78, 5) is -0.709. The Morgan fingerprint density at radius 1 is 0.913 bits per heavy atom. The molecule has 0 aliphatic heterocycles. The second kappa shape index (κ2) is 6.43. The maximum Gasteiger partial charge on any atom is 0.417 e. The molecule has 0 aliphatic carbocycles. The first kappa shape index (κ1) is 20.0. The van der Waals surface area contributed by atoms with Crippen molar-refractivity contribution in [1.82, 2.24) is 0 Å². The van der Waals surface area contributed by atoms with Crippen molar-refractivity contribution in [2.75, 3.05) is 0 Å². The lowest BCUT2D eigenvalue weighted by molar-refractivity contribution is -0.139. The molecule has 1 rings (SSSR count). The van der Waals surface area contributed by atoms with Crippen LogP contribution in [-0.2, 0) is 16.3 Å².